The fourth-order valence-electron chi connectivity index (χ4n) is 0. The summed E-state index contributed by atoms with van der Waals surface area (Å²) in [5.74, 6) is 0. The summed E-state index contributed by atoms with van der Waals surface area (Å²) in [6.07, 6.45) is 0. The first-order chi connectivity index (χ1) is 1.73. The molecule has 0 saturated heterocycles. The van der Waals surface area contributed by atoms with Crippen LogP contribution in [0.1, 0.15) is 0 Å². The molecule has 10 nitrogen and oxygen atoms in total. The van der Waals surface area contributed by atoms with Gasteiger partial charge in [0.2, 0.25) is 0 Å². The van der Waals surface area contributed by atoms with Crippen molar-refractivity contribution in [1.82, 2.24) is 0 Å². The van der Waals surface area contributed by atoms with E-state index in [4.69, 9.17) is 15.3 Å². The molecular weight excluding hydrogens is 270 g/mol. The summed E-state index contributed by atoms with van der Waals surface area (Å²) in [6, 6.07) is 0. The number of hydrogen-bond donors (Lipinski definition) is 0. The molecule has 0 aliphatic carbocycles. The van der Waals surface area contributed by atoms with Crippen molar-refractivity contribution in [1.29, 1.82) is 0 Å². The second-order valence-corrected chi connectivity index (χ2v) is 0.224. The van der Waals surface area contributed by atoms with Gasteiger partial charge in [-0.05, 0) is 0 Å². The van der Waals surface area contributed by atoms with Crippen LogP contribution in [-0.2, 0) is 27.3 Å². The van der Waals surface area contributed by atoms with Crippen molar-refractivity contribution in [2.45, 2.75) is 0 Å². The molecule has 0 spiro atoms. The van der Waals surface area contributed by atoms with Gasteiger partial charge in [0, 0.05) is 27.3 Å². The molecule has 0 unspecified atom stereocenters. The molecule has 0 saturated carbocycles. The molecule has 0 bridgehead atoms. The van der Waals surface area contributed by atoms with E-state index in [9.17, 15) is 0 Å². The standard InChI is InChI=1S/Cd.NO3.6H2O/c;2-1(3)4;;;;;;/h;;6*1H2/q;-1;;;;;;. The molecule has 11 heteroatoms. The molecule has 0 aliphatic heterocycles. The van der Waals surface area contributed by atoms with Crippen LogP contribution < -0.4 is 0 Å². The Morgan fingerprint density at radius 1 is 0.727 bits per heavy atom. The van der Waals surface area contributed by atoms with Gasteiger partial charge in [-0.2, -0.15) is 0 Å². The summed E-state index contributed by atoms with van der Waals surface area (Å²) in [5, 5.41) is 14.8. The molecule has 0 heterocycles. The topological polar surface area (TPSA) is 255 Å². The summed E-state index contributed by atoms with van der Waals surface area (Å²) in [5.41, 5.74) is 0. The third-order valence-corrected chi connectivity index (χ3v) is 0. The van der Waals surface area contributed by atoms with Gasteiger partial charge in [-0.3, -0.25) is 0 Å². The minimum absolute atomic E-state index is 0. The van der Waals surface area contributed by atoms with E-state index in [1.165, 1.54) is 0 Å². The largest absolute Gasteiger partial charge is 0.412 e. The minimum Gasteiger partial charge on any atom is -0.412 e. The van der Waals surface area contributed by atoms with Crippen LogP contribution in [0.4, 0.5) is 0 Å². The zero-order valence-corrected chi connectivity index (χ0v) is 9.42. The Balaban J connectivity index is -0.00000000214. The van der Waals surface area contributed by atoms with Crippen LogP contribution in [-0.4, -0.2) is 37.9 Å². The predicted molar refractivity (Wildman–Crippen MR) is 32.0 cm³/mol. The molecule has 0 aliphatic rings. The van der Waals surface area contributed by atoms with Crippen molar-refractivity contribution >= 4 is 0 Å². The summed E-state index contributed by atoms with van der Waals surface area (Å²) in [6.45, 7) is 0. The minimum atomic E-state index is -1.75. The summed E-state index contributed by atoms with van der Waals surface area (Å²) in [4.78, 5) is 8.25. The van der Waals surface area contributed by atoms with Crippen molar-refractivity contribution in [3.05, 3.63) is 15.3 Å². The first-order valence-corrected chi connectivity index (χ1v) is 0.548. The van der Waals surface area contributed by atoms with E-state index >= 15 is 0 Å². The second kappa shape index (κ2) is 93.9. The van der Waals surface area contributed by atoms with E-state index in [1.54, 1.807) is 0 Å². The Morgan fingerprint density at radius 2 is 0.727 bits per heavy atom. The zero-order chi connectivity index (χ0) is 3.58. The molecule has 0 atom stereocenters. The molecule has 0 aromatic heterocycles. The smallest absolute Gasteiger partial charge is 0.0689 e. The molecule has 0 aromatic carbocycles. The first-order valence-electron chi connectivity index (χ1n) is 0.548. The SMILES string of the molecule is O.O.O.O.O.O.O=[N+]([O-])[O-].[Cd]. The van der Waals surface area contributed by atoms with Gasteiger partial charge in [0.25, 0.3) is 0 Å². The third-order valence-electron chi connectivity index (χ3n) is 0. The Labute approximate surface area is 80.9 Å². The van der Waals surface area contributed by atoms with Gasteiger partial charge in [-0.1, -0.05) is 0 Å². The molecule has 0 fully saturated rings. The number of nitrogens with zero attached hydrogens (tertiary/aromatic N) is 1. The van der Waals surface area contributed by atoms with Crippen molar-refractivity contribution < 1.29 is 65.2 Å². The maximum atomic E-state index is 8.25. The summed E-state index contributed by atoms with van der Waals surface area (Å²) in [7, 11) is 0. The maximum absolute atomic E-state index is 8.25. The molecule has 0 amide bonds. The van der Waals surface area contributed by atoms with E-state index in [0.717, 1.165) is 0 Å². The van der Waals surface area contributed by atoms with Gasteiger partial charge in [0.15, 0.2) is 0 Å². The molecule has 11 heavy (non-hydrogen) atoms. The Kier molecular flexibility index (Phi) is 1090. The van der Waals surface area contributed by atoms with Gasteiger partial charge >= 0.3 is 0 Å². The average Bonchev–Trinajstić information content (AvgIpc) is 0.811. The predicted octanol–water partition coefficient (Wildman–Crippen LogP) is -5.19. The molecule has 12 N–H and O–H groups in total. The number of hydrogen-bond acceptors (Lipinski definition) is 3. The van der Waals surface area contributed by atoms with E-state index in [2.05, 4.69) is 0 Å². The van der Waals surface area contributed by atoms with Gasteiger partial charge in [0.1, 0.15) is 0 Å². The fourth-order valence-corrected chi connectivity index (χ4v) is 0. The Hall–Kier alpha value is -0.118. The van der Waals surface area contributed by atoms with Gasteiger partial charge in [0.05, 0.1) is 5.09 Å². The molecule has 0 rings (SSSR count). The maximum Gasteiger partial charge on any atom is 0.0689 e. The zero-order valence-electron chi connectivity index (χ0n) is 5.38. The van der Waals surface area contributed by atoms with Crippen LogP contribution in [0.15, 0.2) is 0 Å². The molecule has 0 aromatic rings. The monoisotopic (exact) mass is 284 g/mol. The third kappa shape index (κ3) is 44200. The van der Waals surface area contributed by atoms with Crippen molar-refractivity contribution in [2.75, 3.05) is 0 Å². The Morgan fingerprint density at radius 3 is 0.727 bits per heavy atom. The van der Waals surface area contributed by atoms with Gasteiger partial charge < -0.3 is 48.2 Å². The van der Waals surface area contributed by atoms with Crippen molar-refractivity contribution in [2.24, 2.45) is 0 Å². The van der Waals surface area contributed by atoms with Crippen LogP contribution in [0.5, 0.6) is 0 Å². The first kappa shape index (κ1) is 128. The van der Waals surface area contributed by atoms with Crippen LogP contribution >= 0.6 is 0 Å². The van der Waals surface area contributed by atoms with Crippen LogP contribution in [0.25, 0.3) is 0 Å². The quantitative estimate of drug-likeness (QED) is 0.240. The molecule has 74 valence electrons. The van der Waals surface area contributed by atoms with Crippen molar-refractivity contribution in [3.8, 4) is 0 Å². The summed E-state index contributed by atoms with van der Waals surface area (Å²) < 4.78 is 0. The van der Waals surface area contributed by atoms with Gasteiger partial charge in [-0.25, -0.2) is 0 Å². The van der Waals surface area contributed by atoms with Crippen LogP contribution in [0, 0.1) is 15.3 Å². The van der Waals surface area contributed by atoms with Gasteiger partial charge in [-0.15, -0.1) is 0 Å². The van der Waals surface area contributed by atoms with E-state index in [1.807, 2.05) is 0 Å². The second-order valence-electron chi connectivity index (χ2n) is 0.224. The molecular formula is H12CdNO9-. The van der Waals surface area contributed by atoms with Crippen molar-refractivity contribution in [3.63, 3.8) is 0 Å². The normalized spacial score (nSPS) is 2.18. The van der Waals surface area contributed by atoms with E-state index in [0.29, 0.717) is 0 Å². The number of rotatable bonds is 0. The fraction of sp³-hybridized carbons (Fsp3) is 0. The van der Waals surface area contributed by atoms with Crippen LogP contribution in [0.2, 0.25) is 0 Å². The summed E-state index contributed by atoms with van der Waals surface area (Å²) >= 11 is 0. The van der Waals surface area contributed by atoms with E-state index < -0.39 is 5.09 Å². The average molecular weight is 283 g/mol. The van der Waals surface area contributed by atoms with E-state index in [-0.39, 0.29) is 60.2 Å². The molecule has 0 radical (unpaired) electrons. The van der Waals surface area contributed by atoms with Crippen LogP contribution in [0.3, 0.4) is 0 Å². The Bertz CT molecular complexity index is 32.5.